The maximum absolute atomic E-state index is 13.2. The van der Waals surface area contributed by atoms with E-state index in [4.69, 9.17) is 16.3 Å². The van der Waals surface area contributed by atoms with Gasteiger partial charge in [-0.2, -0.15) is 5.10 Å². The minimum atomic E-state index is -0.935. The number of aryl methyl sites for hydroxylation is 1. The first kappa shape index (κ1) is 21.1. The first-order valence-electron chi connectivity index (χ1n) is 10.2. The second kappa shape index (κ2) is 8.52. The smallest absolute Gasteiger partial charge is 0.318 e. The van der Waals surface area contributed by atoms with Crippen molar-refractivity contribution in [3.05, 3.63) is 88.8 Å². The molecule has 0 radical (unpaired) electrons. The predicted octanol–water partition coefficient (Wildman–Crippen LogP) is 5.42. The maximum atomic E-state index is 13.2. The van der Waals surface area contributed by atoms with Gasteiger partial charge < -0.3 is 4.74 Å². The Kier molecular flexibility index (Phi) is 5.79. The van der Waals surface area contributed by atoms with Crippen LogP contribution in [0.2, 0.25) is 5.02 Å². The van der Waals surface area contributed by atoms with E-state index < -0.39 is 5.41 Å². The Bertz CT molecular complexity index is 1220. The van der Waals surface area contributed by atoms with E-state index in [9.17, 15) is 4.79 Å². The van der Waals surface area contributed by atoms with Crippen LogP contribution in [0.25, 0.3) is 16.8 Å². The molecule has 0 spiro atoms. The molecular weight excluding hydrogens is 410 g/mol. The van der Waals surface area contributed by atoms with Crippen LogP contribution in [0.15, 0.2) is 67.0 Å². The topological polar surface area (TPSA) is 56.5 Å². The zero-order valence-corrected chi connectivity index (χ0v) is 18.6. The Morgan fingerprint density at radius 3 is 2.48 bits per heavy atom. The largest absolute Gasteiger partial charge is 0.465 e. The van der Waals surface area contributed by atoms with E-state index in [2.05, 4.69) is 22.2 Å². The lowest BCUT2D eigenvalue weighted by Crippen LogP contribution is -2.38. The third-order valence-electron chi connectivity index (χ3n) is 5.53. The van der Waals surface area contributed by atoms with Crippen molar-refractivity contribution in [1.29, 1.82) is 0 Å². The molecular formula is C25H24ClN3O2. The molecule has 2 aromatic carbocycles. The first-order chi connectivity index (χ1) is 14.9. The normalized spacial score (nSPS) is 13.2. The minimum absolute atomic E-state index is 0.286. The van der Waals surface area contributed by atoms with Crippen molar-refractivity contribution in [3.63, 3.8) is 0 Å². The summed E-state index contributed by atoms with van der Waals surface area (Å²) in [7, 11) is 0. The molecule has 0 aliphatic rings. The van der Waals surface area contributed by atoms with Gasteiger partial charge in [0.05, 0.1) is 18.5 Å². The number of benzene rings is 2. The summed E-state index contributed by atoms with van der Waals surface area (Å²) in [5, 5.41) is 5.26. The summed E-state index contributed by atoms with van der Waals surface area (Å²) in [5.41, 5.74) is 4.54. The van der Waals surface area contributed by atoms with Crippen LogP contribution in [0.3, 0.4) is 0 Å². The molecule has 0 aliphatic heterocycles. The molecule has 0 N–H and O–H groups in total. The van der Waals surface area contributed by atoms with Crippen molar-refractivity contribution in [2.45, 2.75) is 32.6 Å². The zero-order valence-electron chi connectivity index (χ0n) is 17.8. The summed E-state index contributed by atoms with van der Waals surface area (Å²) in [6.07, 6.45) is 3.98. The lowest BCUT2D eigenvalue weighted by molar-refractivity contribution is -0.149. The second-order valence-corrected chi connectivity index (χ2v) is 8.28. The highest BCUT2D eigenvalue weighted by Gasteiger charge is 2.39. The van der Waals surface area contributed by atoms with Crippen molar-refractivity contribution in [2.24, 2.45) is 0 Å². The minimum Gasteiger partial charge on any atom is -0.465 e. The van der Waals surface area contributed by atoms with E-state index in [1.165, 1.54) is 5.56 Å². The summed E-state index contributed by atoms with van der Waals surface area (Å²) in [6.45, 7) is 6.08. The van der Waals surface area contributed by atoms with Gasteiger partial charge in [0.1, 0.15) is 5.41 Å². The fourth-order valence-electron chi connectivity index (χ4n) is 3.81. The summed E-state index contributed by atoms with van der Waals surface area (Å²) in [6, 6.07) is 17.6. The Labute approximate surface area is 186 Å². The number of hydrogen-bond acceptors (Lipinski definition) is 4. The van der Waals surface area contributed by atoms with Crippen molar-refractivity contribution in [3.8, 4) is 11.1 Å². The molecule has 0 bridgehead atoms. The van der Waals surface area contributed by atoms with Crippen molar-refractivity contribution >= 4 is 23.2 Å². The van der Waals surface area contributed by atoms with Crippen molar-refractivity contribution in [2.75, 3.05) is 6.61 Å². The highest BCUT2D eigenvalue weighted by Crippen LogP contribution is 2.32. The number of hydrogen-bond donors (Lipinski definition) is 0. The molecule has 2 aromatic heterocycles. The molecule has 4 aromatic rings. The van der Waals surface area contributed by atoms with E-state index in [0.29, 0.717) is 23.7 Å². The van der Waals surface area contributed by atoms with Gasteiger partial charge in [0, 0.05) is 16.8 Å². The molecule has 0 saturated heterocycles. The summed E-state index contributed by atoms with van der Waals surface area (Å²) in [4.78, 5) is 17.7. The number of aromatic nitrogens is 3. The lowest BCUT2D eigenvalue weighted by Gasteiger charge is -2.28. The number of fused-ring (bicyclic) bond motifs is 1. The fraction of sp³-hybridized carbons (Fsp3) is 0.240. The molecule has 4 rings (SSSR count). The number of nitrogens with zero attached hydrogens (tertiary/aromatic N) is 3. The van der Waals surface area contributed by atoms with Gasteiger partial charge >= 0.3 is 5.97 Å². The van der Waals surface area contributed by atoms with Crippen LogP contribution in [-0.4, -0.2) is 27.2 Å². The Hall–Kier alpha value is -3.18. The van der Waals surface area contributed by atoms with Crippen molar-refractivity contribution < 1.29 is 9.53 Å². The van der Waals surface area contributed by atoms with Gasteiger partial charge in [-0.1, -0.05) is 53.6 Å². The Balaban J connectivity index is 1.84. The van der Waals surface area contributed by atoms with Gasteiger partial charge in [-0.05, 0) is 56.5 Å². The zero-order chi connectivity index (χ0) is 22.0. The van der Waals surface area contributed by atoms with E-state index in [1.807, 2.05) is 63.2 Å². The van der Waals surface area contributed by atoms with Gasteiger partial charge in [0.15, 0.2) is 5.65 Å². The van der Waals surface area contributed by atoms with Gasteiger partial charge in [-0.25, -0.2) is 9.50 Å². The number of esters is 1. The Morgan fingerprint density at radius 2 is 1.81 bits per heavy atom. The average Bonchev–Trinajstić information content (AvgIpc) is 3.20. The molecule has 0 saturated carbocycles. The molecule has 0 fully saturated rings. The maximum Gasteiger partial charge on any atom is 0.318 e. The number of halogens is 1. The van der Waals surface area contributed by atoms with E-state index in [1.54, 1.807) is 16.9 Å². The SMILES string of the molecule is CCOC(=O)C(C)(Cc1ccc(C)cc1)c1ccnc2c(-c3ccc(Cl)cc3)cnn12. The second-order valence-electron chi connectivity index (χ2n) is 7.85. The highest BCUT2D eigenvalue weighted by atomic mass is 35.5. The molecule has 158 valence electrons. The van der Waals surface area contributed by atoms with Gasteiger partial charge in [0.25, 0.3) is 0 Å². The van der Waals surface area contributed by atoms with Gasteiger partial charge in [-0.15, -0.1) is 0 Å². The van der Waals surface area contributed by atoms with Gasteiger partial charge in [-0.3, -0.25) is 4.79 Å². The highest BCUT2D eigenvalue weighted by molar-refractivity contribution is 6.30. The third-order valence-corrected chi connectivity index (χ3v) is 5.78. The molecule has 6 heteroatoms. The number of carbonyl (C=O) groups is 1. The number of ether oxygens (including phenoxy) is 1. The van der Waals surface area contributed by atoms with Crippen molar-refractivity contribution in [1.82, 2.24) is 14.6 Å². The van der Waals surface area contributed by atoms with Crippen LogP contribution in [0.5, 0.6) is 0 Å². The first-order valence-corrected chi connectivity index (χ1v) is 10.6. The summed E-state index contributed by atoms with van der Waals surface area (Å²) >= 11 is 6.04. The number of rotatable bonds is 6. The lowest BCUT2D eigenvalue weighted by atomic mass is 9.80. The van der Waals surface area contributed by atoms with Crippen LogP contribution in [-0.2, 0) is 21.4 Å². The van der Waals surface area contributed by atoms with Crippen LogP contribution in [0, 0.1) is 6.92 Å². The quantitative estimate of drug-likeness (QED) is 0.381. The standard InChI is InChI=1S/C25H24ClN3O2/c1-4-31-24(30)25(3,15-18-7-5-17(2)6-8-18)22-13-14-27-23-21(16-28-29(22)23)19-9-11-20(26)12-10-19/h5-14,16H,4,15H2,1-3H3. The monoisotopic (exact) mass is 433 g/mol. The molecule has 31 heavy (non-hydrogen) atoms. The summed E-state index contributed by atoms with van der Waals surface area (Å²) in [5.74, 6) is -0.286. The Morgan fingerprint density at radius 1 is 1.10 bits per heavy atom. The van der Waals surface area contributed by atoms with Gasteiger partial charge in [0.2, 0.25) is 0 Å². The van der Waals surface area contributed by atoms with E-state index in [-0.39, 0.29) is 5.97 Å². The third kappa shape index (κ3) is 4.06. The summed E-state index contributed by atoms with van der Waals surface area (Å²) < 4.78 is 7.24. The van der Waals surface area contributed by atoms with Crippen LogP contribution >= 0.6 is 11.6 Å². The molecule has 2 heterocycles. The van der Waals surface area contributed by atoms with E-state index in [0.717, 1.165) is 22.4 Å². The van der Waals surface area contributed by atoms with E-state index >= 15 is 0 Å². The molecule has 1 unspecified atom stereocenters. The molecule has 5 nitrogen and oxygen atoms in total. The van der Waals surface area contributed by atoms with Crippen LogP contribution < -0.4 is 0 Å². The predicted molar refractivity (Wildman–Crippen MR) is 122 cm³/mol. The molecule has 1 atom stereocenters. The van der Waals surface area contributed by atoms with Crippen LogP contribution in [0.1, 0.15) is 30.7 Å². The molecule has 0 aliphatic carbocycles. The number of carbonyl (C=O) groups excluding carboxylic acids is 1. The fourth-order valence-corrected chi connectivity index (χ4v) is 3.94. The molecule has 0 amide bonds. The van der Waals surface area contributed by atoms with Crippen LogP contribution in [0.4, 0.5) is 0 Å². The average molecular weight is 434 g/mol.